The van der Waals surface area contributed by atoms with E-state index in [4.69, 9.17) is 4.91 Å². The van der Waals surface area contributed by atoms with Crippen molar-refractivity contribution in [1.82, 2.24) is 0 Å². The molecule has 0 aliphatic carbocycles. The van der Waals surface area contributed by atoms with Crippen molar-refractivity contribution in [2.75, 3.05) is 0 Å². The van der Waals surface area contributed by atoms with Crippen LogP contribution in [0.3, 0.4) is 0 Å². The second kappa shape index (κ2) is 5.24. The van der Waals surface area contributed by atoms with Crippen LogP contribution in [0.5, 0.6) is 0 Å². The predicted octanol–water partition coefficient (Wildman–Crippen LogP) is -0.647. The first kappa shape index (κ1) is 6.24. The third-order valence-electron chi connectivity index (χ3n) is 0.128. The molecule has 0 radical (unpaired) electrons. The molecule has 7 nitrogen and oxygen atoms in total. The zero-order valence-corrected chi connectivity index (χ0v) is 3.07. The lowest BCUT2D eigenvalue weighted by Crippen LogP contribution is -2.00. The van der Waals surface area contributed by atoms with Gasteiger partial charge in [-0.25, -0.2) is 0 Å². The summed E-state index contributed by atoms with van der Waals surface area (Å²) in [5.74, 6) is 4.20. The molecule has 0 saturated heterocycles. The fourth-order valence-electron chi connectivity index (χ4n) is 0.0409. The Balaban J connectivity index is 2.56. The summed E-state index contributed by atoms with van der Waals surface area (Å²) in [5, 5.41) is 8.38. The molecule has 0 heterocycles. The average Bonchev–Trinajstić information content (AvgIpc) is 1.69. The van der Waals surface area contributed by atoms with Crippen molar-refractivity contribution in [3.63, 3.8) is 0 Å². The van der Waals surface area contributed by atoms with E-state index in [2.05, 4.69) is 26.0 Å². The van der Waals surface area contributed by atoms with E-state index in [1.807, 2.05) is 0 Å². The van der Waals surface area contributed by atoms with E-state index in [-0.39, 0.29) is 0 Å². The van der Waals surface area contributed by atoms with Crippen LogP contribution in [-0.2, 0) is 20.1 Å². The summed E-state index contributed by atoms with van der Waals surface area (Å²) in [6, 6.07) is 0. The maximum atomic E-state index is 8.91. The predicted molar refractivity (Wildman–Crippen MR) is 14.3 cm³/mol. The first-order chi connectivity index (χ1) is 3.41. The third kappa shape index (κ3) is 5.24. The summed E-state index contributed by atoms with van der Waals surface area (Å²) >= 11 is 0. The molecule has 42 valence electrons. The van der Waals surface area contributed by atoms with E-state index in [0.29, 0.717) is 0 Å². The lowest BCUT2D eigenvalue weighted by Gasteiger charge is -1.85. The molecule has 0 saturated carbocycles. The number of hydrogen-bond acceptors (Lipinski definition) is 7. The molecule has 0 amide bonds. The molecule has 0 aromatic heterocycles. The smallest absolute Gasteiger partial charge is 0.180 e. The van der Waals surface area contributed by atoms with Gasteiger partial charge in [0.1, 0.15) is 0 Å². The van der Waals surface area contributed by atoms with Crippen LogP contribution in [0.15, 0.2) is 5.34 Å². The van der Waals surface area contributed by atoms with Crippen molar-refractivity contribution in [2.24, 2.45) is 11.2 Å². The second-order valence-electron chi connectivity index (χ2n) is 0.381. The first-order valence-corrected chi connectivity index (χ1v) is 1.10. The Morgan fingerprint density at radius 3 is 2.57 bits per heavy atom. The van der Waals surface area contributed by atoms with Gasteiger partial charge in [-0.15, -0.1) is 14.9 Å². The van der Waals surface area contributed by atoms with Gasteiger partial charge in [-0.05, 0) is 5.04 Å². The van der Waals surface area contributed by atoms with Crippen LogP contribution in [0, 0.1) is 4.91 Å². The summed E-state index contributed by atoms with van der Waals surface area (Å²) in [5.41, 5.74) is 0. The van der Waals surface area contributed by atoms with Crippen molar-refractivity contribution in [3.05, 3.63) is 4.91 Å². The summed E-state index contributed by atoms with van der Waals surface area (Å²) in [6.45, 7) is 0. The molecular weight excluding hydrogens is 108 g/mol. The molecule has 0 atom stereocenters. The first-order valence-electron chi connectivity index (χ1n) is 1.10. The zero-order chi connectivity index (χ0) is 5.54. The molecule has 0 spiro atoms. The normalized spacial score (nSPS) is 8.14. The van der Waals surface area contributed by atoms with Gasteiger partial charge in [-0.3, -0.25) is 0 Å². The molecule has 0 unspecified atom stereocenters. The number of hydrogen-bond donors (Lipinski definition) is 1. The lowest BCUT2D eigenvalue weighted by atomic mass is 13.4. The fraction of sp³-hybridized carbons (Fsp3) is 0. The van der Waals surface area contributed by atoms with Crippen molar-refractivity contribution in [3.8, 4) is 0 Å². The molecule has 7 heteroatoms. The Morgan fingerprint density at radius 2 is 2.14 bits per heavy atom. The monoisotopic (exact) mass is 110 g/mol. The van der Waals surface area contributed by atoms with E-state index < -0.39 is 0 Å². The van der Waals surface area contributed by atoms with Gasteiger partial charge < -0.3 is 0 Å². The molecule has 0 aliphatic rings. The SMILES string of the molecule is NOOOON=O. The lowest BCUT2D eigenvalue weighted by molar-refractivity contribution is -0.638. The summed E-state index contributed by atoms with van der Waals surface area (Å²) < 4.78 is 0. The molecule has 0 rings (SSSR count). The third-order valence-corrected chi connectivity index (χ3v) is 0.128. The molecule has 7 heavy (non-hydrogen) atoms. The van der Waals surface area contributed by atoms with Crippen LogP contribution in [0.1, 0.15) is 0 Å². The van der Waals surface area contributed by atoms with Gasteiger partial charge in [-0.2, -0.15) is 5.90 Å². The Kier molecular flexibility index (Phi) is 4.67. The number of nitrogens with two attached hydrogens (primary N) is 1. The summed E-state index contributed by atoms with van der Waals surface area (Å²) in [4.78, 5) is 15.4. The molecule has 2 N–H and O–H groups in total. The molecular formula is H2N2O5. The largest absolute Gasteiger partial charge is 0.193 e. The highest BCUT2D eigenvalue weighted by molar-refractivity contribution is 3.86. The second-order valence-corrected chi connectivity index (χ2v) is 0.381. The van der Waals surface area contributed by atoms with E-state index in [9.17, 15) is 0 Å². The van der Waals surface area contributed by atoms with Crippen LogP contribution in [-0.4, -0.2) is 0 Å². The number of rotatable bonds is 4. The van der Waals surface area contributed by atoms with Crippen molar-refractivity contribution in [1.29, 1.82) is 0 Å². The average molecular weight is 110 g/mol. The van der Waals surface area contributed by atoms with Gasteiger partial charge in [0.05, 0.1) is 0 Å². The Bertz CT molecular complexity index is 43.3. The quantitative estimate of drug-likeness (QED) is 0.224. The van der Waals surface area contributed by atoms with Crippen molar-refractivity contribution < 1.29 is 20.1 Å². The number of nitrogens with zero attached hydrogens (tertiary/aromatic N) is 1. The Morgan fingerprint density at radius 1 is 1.43 bits per heavy atom. The van der Waals surface area contributed by atoms with Crippen LogP contribution >= 0.6 is 0 Å². The summed E-state index contributed by atoms with van der Waals surface area (Å²) in [6.07, 6.45) is 0. The highest BCUT2D eigenvalue weighted by Crippen LogP contribution is 1.76. The van der Waals surface area contributed by atoms with Crippen LogP contribution < -0.4 is 5.90 Å². The van der Waals surface area contributed by atoms with Gasteiger partial charge in [-0.1, -0.05) is 0 Å². The van der Waals surface area contributed by atoms with Crippen molar-refractivity contribution >= 4 is 0 Å². The van der Waals surface area contributed by atoms with Gasteiger partial charge in [0.2, 0.25) is 0 Å². The Hall–Kier alpha value is -0.760. The van der Waals surface area contributed by atoms with Gasteiger partial charge >= 0.3 is 0 Å². The molecule has 0 fully saturated rings. The minimum Gasteiger partial charge on any atom is -0.180 e. The highest BCUT2D eigenvalue weighted by atomic mass is 17.7. The maximum Gasteiger partial charge on any atom is 0.193 e. The van der Waals surface area contributed by atoms with Crippen LogP contribution in [0.25, 0.3) is 0 Å². The molecule has 0 aromatic rings. The molecule has 0 aliphatic heterocycles. The molecule has 0 bridgehead atoms. The van der Waals surface area contributed by atoms with E-state index in [1.54, 1.807) is 5.34 Å². The van der Waals surface area contributed by atoms with Crippen molar-refractivity contribution in [2.45, 2.75) is 0 Å². The molecule has 0 aromatic carbocycles. The zero-order valence-electron chi connectivity index (χ0n) is 3.07. The van der Waals surface area contributed by atoms with Gasteiger partial charge in [0.25, 0.3) is 0 Å². The minimum atomic E-state index is 1.74. The van der Waals surface area contributed by atoms with E-state index in [1.165, 1.54) is 0 Å². The summed E-state index contributed by atoms with van der Waals surface area (Å²) in [7, 11) is 0. The minimum absolute atomic E-state index is 1.74. The Labute approximate surface area is 37.6 Å². The van der Waals surface area contributed by atoms with Gasteiger partial charge in [0.15, 0.2) is 5.34 Å². The van der Waals surface area contributed by atoms with Gasteiger partial charge in [0, 0.05) is 5.04 Å². The fourth-order valence-corrected chi connectivity index (χ4v) is 0.0409. The van der Waals surface area contributed by atoms with Crippen LogP contribution in [0.4, 0.5) is 0 Å². The maximum absolute atomic E-state index is 8.91. The highest BCUT2D eigenvalue weighted by Gasteiger charge is 1.80. The van der Waals surface area contributed by atoms with E-state index >= 15 is 0 Å². The van der Waals surface area contributed by atoms with Crippen LogP contribution in [0.2, 0.25) is 0 Å². The standard InChI is InChI=1S/H2N2O5/c1-4-6-7-5-2-3/h1H2. The van der Waals surface area contributed by atoms with E-state index in [0.717, 1.165) is 0 Å². The topological polar surface area (TPSA) is 92.4 Å².